The minimum Gasteiger partial charge on any atom is -0.336 e. The summed E-state index contributed by atoms with van der Waals surface area (Å²) in [5.74, 6) is -1.11. The van der Waals surface area contributed by atoms with Crippen molar-refractivity contribution in [1.82, 2.24) is 15.6 Å². The molecule has 0 spiro atoms. The molecule has 3 aromatic rings. The van der Waals surface area contributed by atoms with Gasteiger partial charge in [0, 0.05) is 22.2 Å². The molecule has 35 heavy (non-hydrogen) atoms. The summed E-state index contributed by atoms with van der Waals surface area (Å²) in [6.45, 7) is 3.45. The molecule has 0 radical (unpaired) electrons. The van der Waals surface area contributed by atoms with Crippen molar-refractivity contribution in [3.63, 3.8) is 0 Å². The second kappa shape index (κ2) is 10.6. The maximum Gasteiger partial charge on any atom is 0.416 e. The lowest BCUT2D eigenvalue weighted by molar-refractivity contribution is -0.137. The van der Waals surface area contributed by atoms with Crippen molar-refractivity contribution in [3.8, 4) is 6.07 Å². The molecule has 0 aliphatic heterocycles. The number of nitrogens with one attached hydrogen (secondary N) is 2. The Morgan fingerprint density at radius 3 is 2.43 bits per heavy atom. The number of urea groups is 1. The van der Waals surface area contributed by atoms with Gasteiger partial charge in [-0.3, -0.25) is 4.98 Å². The number of aromatic nitrogens is 1. The van der Waals surface area contributed by atoms with Crippen LogP contribution in [0.4, 0.5) is 22.4 Å². The summed E-state index contributed by atoms with van der Waals surface area (Å²) in [6, 6.07) is 12.9. The van der Waals surface area contributed by atoms with Crippen molar-refractivity contribution in [2.75, 3.05) is 0 Å². The first-order valence-corrected chi connectivity index (χ1v) is 11.6. The van der Waals surface area contributed by atoms with E-state index in [0.717, 1.165) is 15.7 Å². The molecule has 0 fully saturated rings. The summed E-state index contributed by atoms with van der Waals surface area (Å²) in [7, 11) is 0. The number of carbonyl (C=O) groups excluding carboxylic acids is 1. The van der Waals surface area contributed by atoms with Gasteiger partial charge in [0.1, 0.15) is 11.4 Å². The van der Waals surface area contributed by atoms with Crippen molar-refractivity contribution in [3.05, 3.63) is 98.1 Å². The quantitative estimate of drug-likeness (QED) is 0.275. The number of pyridine rings is 1. The Kier molecular flexibility index (Phi) is 8.00. The molecule has 2 N–H and O–H groups in total. The number of carbonyl (C=O) groups is 1. The molecule has 1 atom stereocenters. The molecule has 3 rings (SSSR count). The summed E-state index contributed by atoms with van der Waals surface area (Å²) in [6.07, 6.45) is -3.41. The predicted octanol–water partition coefficient (Wildman–Crippen LogP) is 5.91. The highest BCUT2D eigenvalue weighted by Gasteiger charge is 2.41. The van der Waals surface area contributed by atoms with Crippen LogP contribution >= 0.6 is 22.6 Å². The van der Waals surface area contributed by atoms with Crippen LogP contribution in [0.3, 0.4) is 0 Å². The van der Waals surface area contributed by atoms with E-state index in [0.29, 0.717) is 17.2 Å². The Bertz CT molecular complexity index is 1260. The predicted molar refractivity (Wildman–Crippen MR) is 131 cm³/mol. The van der Waals surface area contributed by atoms with Crippen LogP contribution in [0.25, 0.3) is 0 Å². The molecular formula is C25H21F4IN4O. The van der Waals surface area contributed by atoms with Gasteiger partial charge in [-0.25, -0.2) is 9.18 Å². The fourth-order valence-corrected chi connectivity index (χ4v) is 4.02. The minimum absolute atomic E-state index is 0.0949. The van der Waals surface area contributed by atoms with E-state index in [-0.39, 0.29) is 23.7 Å². The third-order valence-corrected chi connectivity index (χ3v) is 5.79. The highest BCUT2D eigenvalue weighted by molar-refractivity contribution is 14.1. The van der Waals surface area contributed by atoms with Gasteiger partial charge in [0.15, 0.2) is 0 Å². The van der Waals surface area contributed by atoms with E-state index in [9.17, 15) is 27.6 Å². The molecule has 1 aromatic heterocycles. The molecule has 2 amide bonds. The van der Waals surface area contributed by atoms with Gasteiger partial charge in [-0.1, -0.05) is 12.1 Å². The Morgan fingerprint density at radius 1 is 1.11 bits per heavy atom. The van der Waals surface area contributed by atoms with Gasteiger partial charge >= 0.3 is 12.2 Å². The number of nitriles is 1. The van der Waals surface area contributed by atoms with E-state index in [4.69, 9.17) is 0 Å². The monoisotopic (exact) mass is 596 g/mol. The number of nitrogens with zero attached hydrogens (tertiary/aromatic N) is 2. The summed E-state index contributed by atoms with van der Waals surface area (Å²) in [5.41, 5.74) is -1.96. The first-order valence-electron chi connectivity index (χ1n) is 10.5. The lowest BCUT2D eigenvalue weighted by Crippen LogP contribution is -2.53. The average molecular weight is 596 g/mol. The second-order valence-electron chi connectivity index (χ2n) is 8.24. The zero-order valence-corrected chi connectivity index (χ0v) is 20.9. The average Bonchev–Trinajstić information content (AvgIpc) is 2.77. The van der Waals surface area contributed by atoms with Gasteiger partial charge in [0.05, 0.1) is 22.9 Å². The van der Waals surface area contributed by atoms with Gasteiger partial charge in [0.25, 0.3) is 0 Å². The molecule has 0 unspecified atom stereocenters. The highest BCUT2D eigenvalue weighted by atomic mass is 127. The summed E-state index contributed by atoms with van der Waals surface area (Å²) >= 11 is 2.03. The van der Waals surface area contributed by atoms with Crippen LogP contribution in [0.15, 0.2) is 60.8 Å². The Labute approximate surface area is 213 Å². The van der Waals surface area contributed by atoms with Gasteiger partial charge in [-0.15, -0.1) is 0 Å². The van der Waals surface area contributed by atoms with Crippen LogP contribution in [0, 0.1) is 20.7 Å². The number of alkyl halides is 3. The van der Waals surface area contributed by atoms with Crippen LogP contribution in [-0.2, 0) is 18.1 Å². The minimum atomic E-state index is -4.82. The van der Waals surface area contributed by atoms with Gasteiger partial charge in [-0.05, 0) is 90.0 Å². The van der Waals surface area contributed by atoms with Crippen LogP contribution in [0.5, 0.6) is 0 Å². The smallest absolute Gasteiger partial charge is 0.336 e. The van der Waals surface area contributed by atoms with Crippen LogP contribution in [0.1, 0.15) is 41.8 Å². The van der Waals surface area contributed by atoms with Gasteiger partial charge in [0.2, 0.25) is 0 Å². The van der Waals surface area contributed by atoms with Crippen molar-refractivity contribution in [1.29, 1.82) is 5.26 Å². The Hall–Kier alpha value is -3.20. The number of benzene rings is 2. The second-order valence-corrected chi connectivity index (χ2v) is 9.48. The molecular weight excluding hydrogens is 575 g/mol. The number of amides is 2. The molecule has 10 heteroatoms. The Balaban J connectivity index is 2.32. The van der Waals surface area contributed by atoms with E-state index in [1.54, 1.807) is 50.2 Å². The largest absolute Gasteiger partial charge is 0.416 e. The Morgan fingerprint density at radius 2 is 1.83 bits per heavy atom. The van der Waals surface area contributed by atoms with Crippen molar-refractivity contribution >= 4 is 28.6 Å². The van der Waals surface area contributed by atoms with E-state index in [1.807, 2.05) is 28.7 Å². The van der Waals surface area contributed by atoms with Crippen molar-refractivity contribution < 1.29 is 22.4 Å². The highest BCUT2D eigenvalue weighted by Crippen LogP contribution is 2.37. The standard InChI is InChI=1S/C25H21F4IN4O/c1-15(2)33-23(35)34-24(22-7-6-21(30)14-32-22,12-16-4-3-5-17(8-16)13-31)18-9-19(25(27,28)29)11-20(26)10-18/h3-11,14-15H,12H2,1-2H3,(H2,33,34,35)/t24-/m1/s1. The summed E-state index contributed by atoms with van der Waals surface area (Å²) in [5, 5.41) is 14.8. The molecule has 0 aliphatic carbocycles. The van der Waals surface area contributed by atoms with Crippen LogP contribution < -0.4 is 10.6 Å². The molecule has 182 valence electrons. The zero-order chi connectivity index (χ0) is 25.8. The molecule has 2 aromatic carbocycles. The zero-order valence-electron chi connectivity index (χ0n) is 18.8. The molecule has 0 saturated heterocycles. The topological polar surface area (TPSA) is 77.8 Å². The normalized spacial score (nSPS) is 13.1. The van der Waals surface area contributed by atoms with Crippen molar-refractivity contribution in [2.24, 2.45) is 0 Å². The SMILES string of the molecule is CC(C)NC(=O)N[C@](Cc1cccc(C#N)c1)(c1cc(F)cc(C(F)(F)F)c1)c1ccc(I)cn1. The third kappa shape index (κ3) is 6.48. The first-order chi connectivity index (χ1) is 16.4. The maximum absolute atomic E-state index is 14.6. The molecule has 0 saturated carbocycles. The fraction of sp³-hybridized carbons (Fsp3) is 0.240. The number of halogens is 5. The lowest BCUT2D eigenvalue weighted by Gasteiger charge is -2.36. The molecule has 0 aliphatic rings. The van der Waals surface area contributed by atoms with E-state index < -0.39 is 29.1 Å². The lowest BCUT2D eigenvalue weighted by atomic mass is 9.79. The van der Waals surface area contributed by atoms with E-state index >= 15 is 0 Å². The van der Waals surface area contributed by atoms with Gasteiger partial charge < -0.3 is 10.6 Å². The third-order valence-electron chi connectivity index (χ3n) is 5.15. The maximum atomic E-state index is 14.6. The van der Waals surface area contributed by atoms with E-state index in [1.165, 1.54) is 6.20 Å². The molecule has 1 heterocycles. The first kappa shape index (κ1) is 26.4. The van der Waals surface area contributed by atoms with E-state index in [2.05, 4.69) is 15.6 Å². The number of hydrogen-bond donors (Lipinski definition) is 2. The summed E-state index contributed by atoms with van der Waals surface area (Å²) < 4.78 is 56.2. The molecule has 0 bridgehead atoms. The number of hydrogen-bond acceptors (Lipinski definition) is 3. The number of rotatable bonds is 6. The van der Waals surface area contributed by atoms with Crippen molar-refractivity contribution in [2.45, 2.75) is 38.0 Å². The summed E-state index contributed by atoms with van der Waals surface area (Å²) in [4.78, 5) is 17.3. The van der Waals surface area contributed by atoms with Crippen LogP contribution in [-0.4, -0.2) is 17.1 Å². The fourth-order valence-electron chi connectivity index (χ4n) is 3.70. The molecule has 5 nitrogen and oxygen atoms in total. The van der Waals surface area contributed by atoms with Crippen LogP contribution in [0.2, 0.25) is 0 Å². The van der Waals surface area contributed by atoms with Gasteiger partial charge in [-0.2, -0.15) is 18.4 Å².